The van der Waals surface area contributed by atoms with Crippen molar-refractivity contribution in [1.82, 2.24) is 0 Å². The van der Waals surface area contributed by atoms with Gasteiger partial charge in [-0.05, 0) is 6.42 Å². The fraction of sp³-hybridized carbons (Fsp3) is 0.857. The molecule has 0 heterocycles. The third-order valence-corrected chi connectivity index (χ3v) is 3.22. The van der Waals surface area contributed by atoms with Crippen LogP contribution in [0.15, 0.2) is 0 Å². The van der Waals surface area contributed by atoms with Crippen LogP contribution in [0.1, 0.15) is 77.6 Å². The number of unbranched alkanes of at least 4 members (excludes halogenated alkanes) is 10. The Labute approximate surface area is 117 Å². The van der Waals surface area contributed by atoms with Gasteiger partial charge in [-0.2, -0.15) is 0 Å². The summed E-state index contributed by atoms with van der Waals surface area (Å²) in [5.74, 6) is 2.60. The molecule has 0 atom stereocenters. The molecule has 2 N–H and O–H groups in total. The standard InChI is InChI=1S/C14H27O4P/c1-2-3-4-5-6-7-8-9-10-11-12-13-14-18-19(15,16)17/h2-12H2,1H3,(H2,15,16,17). The van der Waals surface area contributed by atoms with Crippen LogP contribution in [0.5, 0.6) is 0 Å². The first-order valence-electron chi connectivity index (χ1n) is 7.28. The molecule has 0 unspecified atom stereocenters. The molecule has 0 radical (unpaired) electrons. The zero-order valence-electron chi connectivity index (χ0n) is 11.9. The zero-order chi connectivity index (χ0) is 14.4. The SMILES string of the molecule is CCCCCCCCCCCCC#COP(=O)(O)O. The minimum absolute atomic E-state index is 0.635. The summed E-state index contributed by atoms with van der Waals surface area (Å²) in [4.78, 5) is 16.8. The summed E-state index contributed by atoms with van der Waals surface area (Å²) in [5, 5.41) is 0. The van der Waals surface area contributed by atoms with E-state index in [9.17, 15) is 4.57 Å². The molecule has 0 spiro atoms. The maximum Gasteiger partial charge on any atom is 0.533 e. The van der Waals surface area contributed by atoms with Crippen molar-refractivity contribution >= 4 is 7.82 Å². The predicted molar refractivity (Wildman–Crippen MR) is 77.4 cm³/mol. The fourth-order valence-electron chi connectivity index (χ4n) is 1.84. The molecule has 112 valence electrons. The normalized spacial score (nSPS) is 10.9. The Bertz CT molecular complexity index is 300. The molecule has 0 saturated heterocycles. The molecule has 0 fully saturated rings. The summed E-state index contributed by atoms with van der Waals surface area (Å²) in [5.41, 5.74) is 0. The van der Waals surface area contributed by atoms with Crippen LogP contribution >= 0.6 is 7.82 Å². The van der Waals surface area contributed by atoms with Crippen molar-refractivity contribution in [2.75, 3.05) is 0 Å². The maximum absolute atomic E-state index is 10.3. The van der Waals surface area contributed by atoms with Crippen LogP contribution in [0.2, 0.25) is 0 Å². The summed E-state index contributed by atoms with van der Waals surface area (Å²) in [6.45, 7) is 2.23. The van der Waals surface area contributed by atoms with Crippen molar-refractivity contribution < 1.29 is 18.9 Å². The van der Waals surface area contributed by atoms with Gasteiger partial charge in [0.2, 0.25) is 0 Å². The topological polar surface area (TPSA) is 66.8 Å². The number of hydrogen-bond donors (Lipinski definition) is 2. The van der Waals surface area contributed by atoms with E-state index in [1.54, 1.807) is 0 Å². The van der Waals surface area contributed by atoms with Gasteiger partial charge in [0.05, 0.1) is 0 Å². The molecule has 0 aromatic carbocycles. The molecular formula is C14H27O4P. The zero-order valence-corrected chi connectivity index (χ0v) is 12.8. The largest absolute Gasteiger partial charge is 0.533 e. The van der Waals surface area contributed by atoms with Gasteiger partial charge in [-0.3, -0.25) is 9.79 Å². The van der Waals surface area contributed by atoms with Gasteiger partial charge in [-0.1, -0.05) is 70.6 Å². The molecule has 0 amide bonds. The Hall–Kier alpha value is -0.490. The maximum atomic E-state index is 10.3. The van der Waals surface area contributed by atoms with Crippen LogP contribution in [0.4, 0.5) is 0 Å². The van der Waals surface area contributed by atoms with Gasteiger partial charge in [0, 0.05) is 6.42 Å². The van der Waals surface area contributed by atoms with Gasteiger partial charge < -0.3 is 4.52 Å². The van der Waals surface area contributed by atoms with Gasteiger partial charge in [-0.15, -0.1) is 0 Å². The lowest BCUT2D eigenvalue weighted by molar-refractivity contribution is 0.269. The van der Waals surface area contributed by atoms with Crippen molar-refractivity contribution in [3.8, 4) is 12.0 Å². The highest BCUT2D eigenvalue weighted by molar-refractivity contribution is 7.46. The lowest BCUT2D eigenvalue weighted by atomic mass is 10.1. The fourth-order valence-corrected chi connectivity index (χ4v) is 2.03. The van der Waals surface area contributed by atoms with Crippen LogP contribution in [0.25, 0.3) is 0 Å². The van der Waals surface area contributed by atoms with Crippen molar-refractivity contribution in [1.29, 1.82) is 0 Å². The molecule has 19 heavy (non-hydrogen) atoms. The van der Waals surface area contributed by atoms with Gasteiger partial charge in [0.25, 0.3) is 0 Å². The summed E-state index contributed by atoms with van der Waals surface area (Å²) < 4.78 is 14.3. The van der Waals surface area contributed by atoms with Gasteiger partial charge in [-0.25, -0.2) is 4.57 Å². The van der Waals surface area contributed by atoms with Crippen LogP contribution in [-0.4, -0.2) is 9.79 Å². The summed E-state index contributed by atoms with van der Waals surface area (Å²) in [6, 6.07) is 0. The van der Waals surface area contributed by atoms with Gasteiger partial charge in [0.15, 0.2) is 0 Å². The molecule has 0 bridgehead atoms. The smallest absolute Gasteiger partial charge is 0.350 e. The van der Waals surface area contributed by atoms with Gasteiger partial charge in [0.1, 0.15) is 6.11 Å². The molecular weight excluding hydrogens is 263 g/mol. The van der Waals surface area contributed by atoms with E-state index in [2.05, 4.69) is 17.4 Å². The first-order chi connectivity index (χ1) is 9.06. The third-order valence-electron chi connectivity index (χ3n) is 2.89. The number of phosphoric ester groups is 1. The Morgan fingerprint density at radius 1 is 0.895 bits per heavy atom. The average molecular weight is 290 g/mol. The average Bonchev–Trinajstić information content (AvgIpc) is 2.34. The van der Waals surface area contributed by atoms with E-state index in [4.69, 9.17) is 9.79 Å². The molecule has 4 nitrogen and oxygen atoms in total. The molecule has 0 aromatic rings. The second-order valence-corrected chi connectivity index (χ2v) is 5.96. The molecule has 0 rings (SSSR count). The van der Waals surface area contributed by atoms with Crippen LogP contribution in [0.3, 0.4) is 0 Å². The molecule has 5 heteroatoms. The van der Waals surface area contributed by atoms with Gasteiger partial charge >= 0.3 is 7.82 Å². The van der Waals surface area contributed by atoms with E-state index in [1.807, 2.05) is 6.11 Å². The van der Waals surface area contributed by atoms with E-state index in [1.165, 1.54) is 51.4 Å². The van der Waals surface area contributed by atoms with E-state index in [0.29, 0.717) is 6.42 Å². The van der Waals surface area contributed by atoms with E-state index in [0.717, 1.165) is 12.8 Å². The second-order valence-electron chi connectivity index (χ2n) is 4.79. The molecule has 0 aliphatic rings. The lowest BCUT2D eigenvalue weighted by Gasteiger charge is -2.00. The molecule has 0 saturated carbocycles. The number of rotatable bonds is 11. The minimum atomic E-state index is -4.42. The van der Waals surface area contributed by atoms with Crippen molar-refractivity contribution in [3.05, 3.63) is 0 Å². The van der Waals surface area contributed by atoms with Crippen LogP contribution in [-0.2, 0) is 9.09 Å². The Kier molecular flexibility index (Phi) is 12.2. The van der Waals surface area contributed by atoms with Crippen LogP contribution in [0, 0.1) is 12.0 Å². The van der Waals surface area contributed by atoms with E-state index >= 15 is 0 Å². The van der Waals surface area contributed by atoms with Crippen molar-refractivity contribution in [2.24, 2.45) is 0 Å². The monoisotopic (exact) mass is 290 g/mol. The quantitative estimate of drug-likeness (QED) is 0.337. The Morgan fingerprint density at radius 3 is 1.84 bits per heavy atom. The summed E-state index contributed by atoms with van der Waals surface area (Å²) in [6.07, 6.45) is 15.3. The highest BCUT2D eigenvalue weighted by atomic mass is 31.2. The predicted octanol–water partition coefficient (Wildman–Crippen LogP) is 4.37. The highest BCUT2D eigenvalue weighted by Gasteiger charge is 2.11. The lowest BCUT2D eigenvalue weighted by Crippen LogP contribution is -1.82. The van der Waals surface area contributed by atoms with E-state index in [-0.39, 0.29) is 0 Å². The first kappa shape index (κ1) is 18.5. The van der Waals surface area contributed by atoms with Crippen LogP contribution < -0.4 is 0 Å². The minimum Gasteiger partial charge on any atom is -0.350 e. The number of hydrogen-bond acceptors (Lipinski definition) is 2. The molecule has 0 aliphatic heterocycles. The highest BCUT2D eigenvalue weighted by Crippen LogP contribution is 2.34. The summed E-state index contributed by atoms with van der Waals surface area (Å²) >= 11 is 0. The Morgan fingerprint density at radius 2 is 1.37 bits per heavy atom. The molecule has 0 aromatic heterocycles. The second kappa shape index (κ2) is 12.5. The third kappa shape index (κ3) is 17.5. The first-order valence-corrected chi connectivity index (χ1v) is 8.81. The number of phosphoric acid groups is 1. The van der Waals surface area contributed by atoms with Crippen molar-refractivity contribution in [2.45, 2.75) is 77.6 Å². The Balaban J connectivity index is 3.17. The summed E-state index contributed by atoms with van der Waals surface area (Å²) in [7, 11) is -4.42. The van der Waals surface area contributed by atoms with E-state index < -0.39 is 7.82 Å². The molecule has 0 aliphatic carbocycles. The van der Waals surface area contributed by atoms with Crippen molar-refractivity contribution in [3.63, 3.8) is 0 Å².